The van der Waals surface area contributed by atoms with Crippen LogP contribution in [0.5, 0.6) is 0 Å². The number of nitrogens with one attached hydrogen (secondary N) is 1. The summed E-state index contributed by atoms with van der Waals surface area (Å²) in [6.45, 7) is 6.87. The molecule has 1 aliphatic rings. The Balaban J connectivity index is 0.00000256. The highest BCUT2D eigenvalue weighted by atomic mass is 35.5. The van der Waals surface area contributed by atoms with Gasteiger partial charge in [-0.25, -0.2) is 0 Å². The van der Waals surface area contributed by atoms with Crippen LogP contribution in [-0.2, 0) is 4.79 Å². The fraction of sp³-hybridized carbons (Fsp3) is 0.909. The van der Waals surface area contributed by atoms with E-state index in [1.165, 1.54) is 0 Å². The smallest absolute Gasteiger partial charge is 0.236 e. The van der Waals surface area contributed by atoms with Crippen molar-refractivity contribution in [2.24, 2.45) is 5.41 Å². The number of aliphatic hydroxyl groups excluding tert-OH is 1. The summed E-state index contributed by atoms with van der Waals surface area (Å²) in [5, 5.41) is 12.2. The minimum atomic E-state index is -0.155. The van der Waals surface area contributed by atoms with Gasteiger partial charge in [-0.3, -0.25) is 4.79 Å². The van der Waals surface area contributed by atoms with E-state index in [9.17, 15) is 4.79 Å². The van der Waals surface area contributed by atoms with Crippen LogP contribution in [0.2, 0.25) is 0 Å². The summed E-state index contributed by atoms with van der Waals surface area (Å²) in [5.74, 6) is 2.27. The third-order valence-corrected chi connectivity index (χ3v) is 3.61. The summed E-state index contributed by atoms with van der Waals surface area (Å²) in [4.78, 5) is 13.7. The number of hydrogen-bond donors (Lipinski definition) is 2. The van der Waals surface area contributed by atoms with Gasteiger partial charge in [0, 0.05) is 43.2 Å². The summed E-state index contributed by atoms with van der Waals surface area (Å²) in [5.41, 5.74) is -0.155. The van der Waals surface area contributed by atoms with Gasteiger partial charge < -0.3 is 15.3 Å². The van der Waals surface area contributed by atoms with Crippen LogP contribution < -0.4 is 5.32 Å². The molecule has 0 radical (unpaired) electrons. The van der Waals surface area contributed by atoms with E-state index in [2.05, 4.69) is 5.32 Å². The first-order valence-electron chi connectivity index (χ1n) is 5.72. The molecule has 1 aliphatic heterocycles. The molecule has 17 heavy (non-hydrogen) atoms. The summed E-state index contributed by atoms with van der Waals surface area (Å²) >= 11 is 1.90. The minimum absolute atomic E-state index is 0. The highest BCUT2D eigenvalue weighted by molar-refractivity contribution is 7.99. The Morgan fingerprint density at radius 3 is 2.53 bits per heavy atom. The van der Waals surface area contributed by atoms with Crippen LogP contribution in [0.25, 0.3) is 0 Å². The van der Waals surface area contributed by atoms with Gasteiger partial charge in [0.25, 0.3) is 0 Å². The zero-order chi connectivity index (χ0) is 12.0. The van der Waals surface area contributed by atoms with Gasteiger partial charge >= 0.3 is 0 Å². The summed E-state index contributed by atoms with van der Waals surface area (Å²) in [7, 11) is 0. The summed E-state index contributed by atoms with van der Waals surface area (Å²) in [6.07, 6.45) is 0. The van der Waals surface area contributed by atoms with E-state index in [1.54, 1.807) is 0 Å². The average molecular weight is 283 g/mol. The minimum Gasteiger partial charge on any atom is -0.396 e. The topological polar surface area (TPSA) is 52.6 Å². The maximum atomic E-state index is 11.8. The van der Waals surface area contributed by atoms with Gasteiger partial charge in [-0.15, -0.1) is 12.4 Å². The Hall–Kier alpha value is 0.0300. The zero-order valence-electron chi connectivity index (χ0n) is 10.6. The predicted octanol–water partition coefficient (Wildman–Crippen LogP) is 0.592. The van der Waals surface area contributed by atoms with Crippen LogP contribution in [0.3, 0.4) is 0 Å². The SMILES string of the molecule is CC(C)(CO)CNCC(=O)N1CCSCC1.Cl. The van der Waals surface area contributed by atoms with Crippen molar-refractivity contribution in [2.75, 3.05) is 44.3 Å². The van der Waals surface area contributed by atoms with Gasteiger partial charge in [0.1, 0.15) is 0 Å². The molecule has 1 fully saturated rings. The van der Waals surface area contributed by atoms with E-state index in [0.29, 0.717) is 13.1 Å². The fourth-order valence-corrected chi connectivity index (χ4v) is 2.39. The van der Waals surface area contributed by atoms with Crippen molar-refractivity contribution < 1.29 is 9.90 Å². The molecule has 1 amide bonds. The standard InChI is InChI=1S/C11H22N2O2S.ClH/c1-11(2,9-14)8-12-7-10(15)13-3-5-16-6-4-13;/h12,14H,3-9H2,1-2H3;1H. The van der Waals surface area contributed by atoms with Crippen LogP contribution >= 0.6 is 24.2 Å². The second-order valence-corrected chi connectivity index (χ2v) is 6.14. The number of thioether (sulfide) groups is 1. The van der Waals surface area contributed by atoms with Gasteiger partial charge in [-0.05, 0) is 0 Å². The number of nitrogens with zero attached hydrogens (tertiary/aromatic N) is 1. The van der Waals surface area contributed by atoms with Crippen molar-refractivity contribution in [3.05, 3.63) is 0 Å². The lowest BCUT2D eigenvalue weighted by Crippen LogP contribution is -2.44. The molecule has 1 heterocycles. The van der Waals surface area contributed by atoms with Crippen molar-refractivity contribution in [1.29, 1.82) is 0 Å². The Kier molecular flexibility index (Phi) is 8.20. The van der Waals surface area contributed by atoms with Crippen molar-refractivity contribution in [1.82, 2.24) is 10.2 Å². The third-order valence-electron chi connectivity index (χ3n) is 2.67. The molecule has 0 spiro atoms. The van der Waals surface area contributed by atoms with E-state index >= 15 is 0 Å². The molecule has 0 aromatic rings. The molecule has 102 valence electrons. The Morgan fingerprint density at radius 2 is 2.00 bits per heavy atom. The quantitative estimate of drug-likeness (QED) is 0.775. The molecule has 4 nitrogen and oxygen atoms in total. The third kappa shape index (κ3) is 6.50. The molecule has 6 heteroatoms. The first kappa shape index (κ1) is 17.0. The van der Waals surface area contributed by atoms with Gasteiger partial charge in [-0.2, -0.15) is 11.8 Å². The largest absolute Gasteiger partial charge is 0.396 e. The highest BCUT2D eigenvalue weighted by Crippen LogP contribution is 2.11. The van der Waals surface area contributed by atoms with E-state index in [4.69, 9.17) is 5.11 Å². The first-order valence-corrected chi connectivity index (χ1v) is 6.88. The molecule has 0 atom stereocenters. The van der Waals surface area contributed by atoms with E-state index in [1.807, 2.05) is 30.5 Å². The lowest BCUT2D eigenvalue weighted by atomic mass is 9.95. The molecule has 0 aliphatic carbocycles. The van der Waals surface area contributed by atoms with Crippen LogP contribution in [0.1, 0.15) is 13.8 Å². The zero-order valence-corrected chi connectivity index (χ0v) is 12.2. The van der Waals surface area contributed by atoms with Gasteiger partial charge in [-0.1, -0.05) is 13.8 Å². The maximum Gasteiger partial charge on any atom is 0.236 e. The van der Waals surface area contributed by atoms with Crippen molar-refractivity contribution in [3.63, 3.8) is 0 Å². The van der Waals surface area contributed by atoms with E-state index in [0.717, 1.165) is 24.6 Å². The maximum absolute atomic E-state index is 11.8. The molecule has 1 rings (SSSR count). The molecular formula is C11H23ClN2O2S. The molecule has 0 saturated carbocycles. The molecule has 1 saturated heterocycles. The van der Waals surface area contributed by atoms with Crippen LogP contribution in [-0.4, -0.2) is 60.2 Å². The van der Waals surface area contributed by atoms with Gasteiger partial charge in [0.05, 0.1) is 6.54 Å². The second kappa shape index (κ2) is 8.19. The Morgan fingerprint density at radius 1 is 1.41 bits per heavy atom. The van der Waals surface area contributed by atoms with Crippen LogP contribution in [0.15, 0.2) is 0 Å². The van der Waals surface area contributed by atoms with Gasteiger partial charge in [0.15, 0.2) is 0 Å². The molecule has 0 bridgehead atoms. The molecule has 0 aromatic heterocycles. The Labute approximate surface area is 114 Å². The van der Waals surface area contributed by atoms with Crippen molar-refractivity contribution >= 4 is 30.1 Å². The number of aliphatic hydroxyl groups is 1. The molecular weight excluding hydrogens is 260 g/mol. The number of carbonyl (C=O) groups is 1. The molecule has 0 aromatic carbocycles. The summed E-state index contributed by atoms with van der Waals surface area (Å²) in [6, 6.07) is 0. The number of halogens is 1. The number of carbonyl (C=O) groups excluding carboxylic acids is 1. The lowest BCUT2D eigenvalue weighted by molar-refractivity contribution is -0.129. The predicted molar refractivity (Wildman–Crippen MR) is 74.9 cm³/mol. The summed E-state index contributed by atoms with van der Waals surface area (Å²) < 4.78 is 0. The van der Waals surface area contributed by atoms with Crippen molar-refractivity contribution in [2.45, 2.75) is 13.8 Å². The number of rotatable bonds is 5. The van der Waals surface area contributed by atoms with Crippen LogP contribution in [0.4, 0.5) is 0 Å². The monoisotopic (exact) mass is 282 g/mol. The fourth-order valence-electron chi connectivity index (χ4n) is 1.49. The van der Waals surface area contributed by atoms with E-state index in [-0.39, 0.29) is 30.3 Å². The lowest BCUT2D eigenvalue weighted by Gasteiger charge is -2.27. The molecule has 2 N–H and O–H groups in total. The molecule has 0 unspecified atom stereocenters. The normalized spacial score (nSPS) is 16.5. The highest BCUT2D eigenvalue weighted by Gasteiger charge is 2.19. The average Bonchev–Trinajstić information content (AvgIpc) is 2.30. The van der Waals surface area contributed by atoms with Gasteiger partial charge in [0.2, 0.25) is 5.91 Å². The van der Waals surface area contributed by atoms with Crippen molar-refractivity contribution in [3.8, 4) is 0 Å². The first-order chi connectivity index (χ1) is 7.55. The second-order valence-electron chi connectivity index (χ2n) is 4.92. The Bertz CT molecular complexity index is 234. The van der Waals surface area contributed by atoms with E-state index < -0.39 is 0 Å². The number of amides is 1. The van der Waals surface area contributed by atoms with Crippen LogP contribution in [0, 0.1) is 5.41 Å². The number of hydrogen-bond acceptors (Lipinski definition) is 4.